The van der Waals surface area contributed by atoms with E-state index in [1.54, 1.807) is 27.7 Å². The summed E-state index contributed by atoms with van der Waals surface area (Å²) < 4.78 is 15.0. The largest absolute Gasteiger partial charge is 0.460 e. The topological polar surface area (TPSA) is 102 Å². The molecule has 7 heteroatoms. The van der Waals surface area contributed by atoms with E-state index < -0.39 is 11.9 Å². The van der Waals surface area contributed by atoms with Crippen LogP contribution in [-0.4, -0.2) is 60.8 Å². The van der Waals surface area contributed by atoms with Crippen LogP contribution in [0.25, 0.3) is 0 Å². The Morgan fingerprint density at radius 3 is 1.88 bits per heavy atom. The van der Waals surface area contributed by atoms with Gasteiger partial charge in [-0.1, -0.05) is 27.0 Å². The van der Waals surface area contributed by atoms with Crippen molar-refractivity contribution in [3.05, 3.63) is 25.3 Å². The summed E-state index contributed by atoms with van der Waals surface area (Å²) in [6.07, 6.45) is 1.52. The summed E-state index contributed by atoms with van der Waals surface area (Å²) in [5, 5.41) is 16.9. The fourth-order valence-electron chi connectivity index (χ4n) is 0.937. The van der Waals surface area contributed by atoms with E-state index in [-0.39, 0.29) is 44.1 Å². The lowest BCUT2D eigenvalue weighted by Gasteiger charge is -2.16. The van der Waals surface area contributed by atoms with Gasteiger partial charge in [0, 0.05) is 17.6 Å². The molecule has 0 aromatic heterocycles. The van der Waals surface area contributed by atoms with E-state index in [4.69, 9.17) is 24.4 Å². The molecule has 2 N–H and O–H groups in total. The molecular formula is C17H30O7. The lowest BCUT2D eigenvalue weighted by atomic mass is 9.97. The second-order valence-corrected chi connectivity index (χ2v) is 5.91. The first-order valence-electron chi connectivity index (χ1n) is 7.57. The number of hydrogen-bond donors (Lipinski definition) is 2. The van der Waals surface area contributed by atoms with Gasteiger partial charge >= 0.3 is 11.9 Å². The van der Waals surface area contributed by atoms with Crippen molar-refractivity contribution < 1.29 is 34.0 Å². The number of ether oxygens (including phenoxy) is 3. The Labute approximate surface area is 143 Å². The van der Waals surface area contributed by atoms with Gasteiger partial charge < -0.3 is 24.4 Å². The van der Waals surface area contributed by atoms with Gasteiger partial charge in [0.15, 0.2) is 0 Å². The highest BCUT2D eigenvalue weighted by atomic mass is 16.6. The summed E-state index contributed by atoms with van der Waals surface area (Å²) in [5.74, 6) is -0.988. The minimum absolute atomic E-state index is 0.0451. The van der Waals surface area contributed by atoms with E-state index in [0.717, 1.165) is 12.2 Å². The van der Waals surface area contributed by atoms with Crippen molar-refractivity contribution in [3.8, 4) is 0 Å². The highest BCUT2D eigenvalue weighted by molar-refractivity contribution is 5.81. The SMILES string of the molecule is C=CC(=O)OCC(C)OCC(C)OC(=O)C=C.CC(C)(CO)CO. The number of aliphatic hydroxyl groups is 2. The summed E-state index contributed by atoms with van der Waals surface area (Å²) >= 11 is 0. The lowest BCUT2D eigenvalue weighted by molar-refractivity contribution is -0.148. The van der Waals surface area contributed by atoms with Gasteiger partial charge in [-0.2, -0.15) is 0 Å². The first kappa shape index (κ1) is 24.6. The second kappa shape index (κ2) is 13.7. The van der Waals surface area contributed by atoms with Crippen LogP contribution in [0.15, 0.2) is 25.3 Å². The van der Waals surface area contributed by atoms with Crippen molar-refractivity contribution in [1.82, 2.24) is 0 Å². The molecule has 0 fully saturated rings. The van der Waals surface area contributed by atoms with Crippen LogP contribution in [0, 0.1) is 5.41 Å². The van der Waals surface area contributed by atoms with Crippen LogP contribution in [0.5, 0.6) is 0 Å². The van der Waals surface area contributed by atoms with E-state index in [0.29, 0.717) is 0 Å². The molecule has 0 saturated carbocycles. The Morgan fingerprint density at radius 1 is 1.00 bits per heavy atom. The van der Waals surface area contributed by atoms with Crippen molar-refractivity contribution in [2.24, 2.45) is 5.41 Å². The second-order valence-electron chi connectivity index (χ2n) is 5.91. The van der Waals surface area contributed by atoms with Gasteiger partial charge in [0.05, 0.1) is 25.9 Å². The monoisotopic (exact) mass is 346 g/mol. The Balaban J connectivity index is 0. The van der Waals surface area contributed by atoms with E-state index in [1.807, 2.05) is 0 Å². The van der Waals surface area contributed by atoms with Crippen molar-refractivity contribution in [2.75, 3.05) is 26.4 Å². The molecule has 2 unspecified atom stereocenters. The van der Waals surface area contributed by atoms with E-state index in [9.17, 15) is 9.59 Å². The summed E-state index contributed by atoms with van der Waals surface area (Å²) in [7, 11) is 0. The highest BCUT2D eigenvalue weighted by Crippen LogP contribution is 2.10. The molecule has 24 heavy (non-hydrogen) atoms. The molecule has 0 aromatic rings. The average molecular weight is 346 g/mol. The third-order valence-electron chi connectivity index (χ3n) is 2.58. The normalized spacial score (nSPS) is 12.9. The van der Waals surface area contributed by atoms with Gasteiger partial charge in [-0.3, -0.25) is 0 Å². The number of esters is 2. The molecule has 0 heterocycles. The van der Waals surface area contributed by atoms with E-state index in [2.05, 4.69) is 13.2 Å². The number of carbonyl (C=O) groups excluding carboxylic acids is 2. The zero-order valence-electron chi connectivity index (χ0n) is 15.0. The molecule has 0 amide bonds. The van der Waals surface area contributed by atoms with Crippen LogP contribution in [-0.2, 0) is 23.8 Å². The molecule has 0 rings (SSSR count). The molecule has 0 aromatic carbocycles. The Bertz CT molecular complexity index is 384. The zero-order valence-corrected chi connectivity index (χ0v) is 15.0. The number of hydrogen-bond acceptors (Lipinski definition) is 7. The van der Waals surface area contributed by atoms with E-state index >= 15 is 0 Å². The maximum absolute atomic E-state index is 10.8. The summed E-state index contributed by atoms with van der Waals surface area (Å²) in [6, 6.07) is 0. The van der Waals surface area contributed by atoms with Crippen LogP contribution >= 0.6 is 0 Å². The number of rotatable bonds is 10. The van der Waals surface area contributed by atoms with Crippen LogP contribution < -0.4 is 0 Å². The molecule has 2 atom stereocenters. The molecular weight excluding hydrogens is 316 g/mol. The molecule has 7 nitrogen and oxygen atoms in total. The molecule has 0 radical (unpaired) electrons. The minimum atomic E-state index is -0.494. The van der Waals surface area contributed by atoms with Gasteiger partial charge in [0.1, 0.15) is 12.7 Å². The number of aliphatic hydroxyl groups excluding tert-OH is 2. The van der Waals surface area contributed by atoms with Crippen LogP contribution in [0.1, 0.15) is 27.7 Å². The predicted octanol–water partition coefficient (Wildman–Crippen LogP) is 1.24. The van der Waals surface area contributed by atoms with Crippen LogP contribution in [0.3, 0.4) is 0 Å². The van der Waals surface area contributed by atoms with Gasteiger partial charge in [0.2, 0.25) is 0 Å². The van der Waals surface area contributed by atoms with Crippen molar-refractivity contribution in [3.63, 3.8) is 0 Å². The van der Waals surface area contributed by atoms with Gasteiger partial charge in [0.25, 0.3) is 0 Å². The third-order valence-corrected chi connectivity index (χ3v) is 2.58. The quantitative estimate of drug-likeness (QED) is 0.453. The van der Waals surface area contributed by atoms with Crippen molar-refractivity contribution in [1.29, 1.82) is 0 Å². The smallest absolute Gasteiger partial charge is 0.330 e. The first-order chi connectivity index (χ1) is 11.1. The summed E-state index contributed by atoms with van der Waals surface area (Å²) in [6.45, 7) is 14.1. The third kappa shape index (κ3) is 15.2. The van der Waals surface area contributed by atoms with Gasteiger partial charge in [-0.15, -0.1) is 0 Å². The number of carbonyl (C=O) groups is 2. The maximum Gasteiger partial charge on any atom is 0.330 e. The van der Waals surface area contributed by atoms with Crippen molar-refractivity contribution >= 4 is 11.9 Å². The highest BCUT2D eigenvalue weighted by Gasteiger charge is 2.13. The molecule has 0 spiro atoms. The molecule has 0 saturated heterocycles. The molecule has 0 aliphatic heterocycles. The van der Waals surface area contributed by atoms with E-state index in [1.165, 1.54) is 0 Å². The van der Waals surface area contributed by atoms with Crippen LogP contribution in [0.2, 0.25) is 0 Å². The summed E-state index contributed by atoms with van der Waals surface area (Å²) in [5.41, 5.74) is -0.306. The van der Waals surface area contributed by atoms with Crippen LogP contribution in [0.4, 0.5) is 0 Å². The maximum atomic E-state index is 10.8. The Hall–Kier alpha value is -1.70. The average Bonchev–Trinajstić information content (AvgIpc) is 2.58. The fraction of sp³-hybridized carbons (Fsp3) is 0.647. The van der Waals surface area contributed by atoms with Crippen molar-refractivity contribution in [2.45, 2.75) is 39.9 Å². The Kier molecular flexibility index (Phi) is 14.0. The standard InChI is InChI=1S/C12H18O5.C5H12O2/c1-5-11(13)16-7-9(3)15-8-10(4)17-12(14)6-2;1-5(2,3-6)4-7/h5-6,9-10H,1-2,7-8H2,3-4H3;6-7H,3-4H2,1-2H3. The Morgan fingerprint density at radius 2 is 1.50 bits per heavy atom. The fourth-order valence-corrected chi connectivity index (χ4v) is 0.937. The van der Waals surface area contributed by atoms with Gasteiger partial charge in [-0.05, 0) is 13.8 Å². The molecule has 140 valence electrons. The minimum Gasteiger partial charge on any atom is -0.460 e. The molecule has 0 bridgehead atoms. The first-order valence-corrected chi connectivity index (χ1v) is 7.57. The lowest BCUT2D eigenvalue weighted by Crippen LogP contribution is -2.25. The zero-order chi connectivity index (χ0) is 19.2. The molecule has 0 aliphatic carbocycles. The predicted molar refractivity (Wildman–Crippen MR) is 90.3 cm³/mol. The van der Waals surface area contributed by atoms with Gasteiger partial charge in [-0.25, -0.2) is 9.59 Å². The summed E-state index contributed by atoms with van der Waals surface area (Å²) in [4.78, 5) is 21.6. The molecule has 0 aliphatic rings.